The second-order valence-corrected chi connectivity index (χ2v) is 8.36. The zero-order chi connectivity index (χ0) is 22.0. The number of esters is 1. The Kier molecular flexibility index (Phi) is 11.5. The van der Waals surface area contributed by atoms with E-state index in [0.29, 0.717) is 0 Å². The van der Waals surface area contributed by atoms with Gasteiger partial charge in [-0.1, -0.05) is 6.58 Å². The molecule has 0 aliphatic carbocycles. The lowest BCUT2D eigenvalue weighted by Crippen LogP contribution is -2.63. The summed E-state index contributed by atoms with van der Waals surface area (Å²) in [7, 11) is 2.74. The van der Waals surface area contributed by atoms with Gasteiger partial charge in [0.1, 0.15) is 6.54 Å². The molecule has 28 heavy (non-hydrogen) atoms. The van der Waals surface area contributed by atoms with Gasteiger partial charge in [0.2, 0.25) is 5.52 Å². The topological polar surface area (TPSA) is 101 Å². The highest BCUT2D eigenvalue weighted by Gasteiger charge is 2.67. The minimum atomic E-state index is -2.67. The Bertz CT molecular complexity index is 508. The highest BCUT2D eigenvalue weighted by molar-refractivity contribution is 7.70. The lowest BCUT2D eigenvalue weighted by Gasteiger charge is -2.47. The fraction of sp³-hybridized carbons (Fsp3) is 0.778. The summed E-state index contributed by atoms with van der Waals surface area (Å²) in [4.78, 5) is 36.1. The van der Waals surface area contributed by atoms with E-state index in [-0.39, 0.29) is 37.5 Å². The number of carbonyl (C=O) groups excluding carboxylic acids is 2. The summed E-state index contributed by atoms with van der Waals surface area (Å²) in [5, 5.41) is 0. The molecule has 9 nitrogen and oxygen atoms in total. The molecule has 0 aliphatic heterocycles. The molecule has 0 amide bonds. The number of likely N-dealkylation sites (N-methyl/N-ethyl adjacent to an activating group) is 1. The molecule has 10 heteroatoms. The largest absolute Gasteiger partial charge is 0.400 e. The lowest BCUT2D eigenvalue weighted by atomic mass is 10.4. The van der Waals surface area contributed by atoms with Gasteiger partial charge >= 0.3 is 17.5 Å². The maximum atomic E-state index is 12.9. The Morgan fingerprint density at radius 2 is 1.39 bits per heavy atom. The van der Waals surface area contributed by atoms with Crippen molar-refractivity contribution in [1.82, 2.24) is 0 Å². The molecule has 1 atom stereocenters. The summed E-state index contributed by atoms with van der Waals surface area (Å²) in [6.07, 6.45) is 0.920. The maximum absolute atomic E-state index is 12.9. The number of carbonyl (C=O) groups is 2. The fourth-order valence-corrected chi connectivity index (χ4v) is 4.22. The molecule has 0 rings (SSSR count). The normalized spacial score (nSPS) is 13.9. The summed E-state index contributed by atoms with van der Waals surface area (Å²) in [5.74, 6) is -3.18. The molecule has 0 aromatic heterocycles. The number of nitrogens with zero attached hydrogens (tertiary/aromatic N) is 1. The van der Waals surface area contributed by atoms with Crippen molar-refractivity contribution >= 4 is 19.6 Å². The van der Waals surface area contributed by atoms with Gasteiger partial charge < -0.3 is 33.1 Å². The van der Waals surface area contributed by atoms with Crippen LogP contribution in [-0.4, -0.2) is 86.5 Å². The highest BCUT2D eigenvalue weighted by atomic mass is 31.1. The average molecular weight is 424 g/mol. The fourth-order valence-electron chi connectivity index (χ4n) is 2.40. The first-order chi connectivity index (χ1) is 13.0. The molecule has 0 saturated heterocycles. The Morgan fingerprint density at radius 1 is 0.964 bits per heavy atom. The van der Waals surface area contributed by atoms with Gasteiger partial charge in [-0.05, 0) is 27.7 Å². The Morgan fingerprint density at radius 3 is 1.71 bits per heavy atom. The standard InChI is InChI=1S/C18H35NO8P/c1-9-15(20)27-17(23-10-2,24-11-3)18(25-12-4,26-13-5)28(22)16(21)14-19(6,7)8/h9,22H,1,10-14H2,2-8H3/q+1. The summed E-state index contributed by atoms with van der Waals surface area (Å²) < 4.78 is 28.5. The number of quaternary nitrogens is 1. The molecule has 0 radical (unpaired) electrons. The molecule has 0 aromatic rings. The van der Waals surface area contributed by atoms with E-state index in [2.05, 4.69) is 6.58 Å². The molecule has 1 unspecified atom stereocenters. The lowest BCUT2D eigenvalue weighted by molar-refractivity contribution is -0.861. The van der Waals surface area contributed by atoms with Crippen molar-refractivity contribution in [1.29, 1.82) is 0 Å². The van der Waals surface area contributed by atoms with Crippen molar-refractivity contribution in [2.75, 3.05) is 54.1 Å². The smallest absolute Gasteiger partial charge is 0.394 e. The summed E-state index contributed by atoms with van der Waals surface area (Å²) in [5.41, 5.74) is -2.70. The van der Waals surface area contributed by atoms with Gasteiger partial charge in [-0.2, -0.15) is 0 Å². The van der Waals surface area contributed by atoms with Crippen LogP contribution in [0.15, 0.2) is 12.7 Å². The van der Waals surface area contributed by atoms with Gasteiger partial charge in [0, 0.05) is 19.3 Å². The molecule has 1 N–H and O–H groups in total. The molecule has 0 aliphatic rings. The number of hydrogen-bond donors (Lipinski definition) is 1. The molecule has 164 valence electrons. The molecule has 0 heterocycles. The summed E-state index contributed by atoms with van der Waals surface area (Å²) >= 11 is 0. The third kappa shape index (κ3) is 6.84. The summed E-state index contributed by atoms with van der Waals surface area (Å²) in [6, 6.07) is 0. The Labute approximate surface area is 168 Å². The SMILES string of the molecule is C=CC(=O)OC(OCC)(OCC)C(OCC)(OCC)P(O)C(=O)C[N+](C)(C)C. The second kappa shape index (κ2) is 11.9. The van der Waals surface area contributed by atoms with Crippen LogP contribution in [0.3, 0.4) is 0 Å². The van der Waals surface area contributed by atoms with Crippen LogP contribution in [0, 0.1) is 0 Å². The van der Waals surface area contributed by atoms with Crippen molar-refractivity contribution in [3.05, 3.63) is 12.7 Å². The molecule has 0 bridgehead atoms. The van der Waals surface area contributed by atoms with Gasteiger partial charge in [-0.15, -0.1) is 0 Å². The highest BCUT2D eigenvalue weighted by Crippen LogP contribution is 2.56. The maximum Gasteiger partial charge on any atom is 0.394 e. The average Bonchev–Trinajstić information content (AvgIpc) is 2.59. The first-order valence-electron chi connectivity index (χ1n) is 9.22. The Balaban J connectivity index is 6.55. The molecular formula is C18H35NO8P+. The quantitative estimate of drug-likeness (QED) is 0.140. The molecule has 0 saturated carbocycles. The van der Waals surface area contributed by atoms with Crippen LogP contribution in [0.1, 0.15) is 27.7 Å². The number of ether oxygens (including phenoxy) is 5. The first kappa shape index (κ1) is 27.1. The van der Waals surface area contributed by atoms with E-state index >= 15 is 0 Å². The first-order valence-corrected chi connectivity index (χ1v) is 10.5. The third-order valence-corrected chi connectivity index (χ3v) is 4.97. The number of hydrogen-bond acceptors (Lipinski definition) is 8. The van der Waals surface area contributed by atoms with Gasteiger partial charge in [0.05, 0.1) is 34.4 Å². The monoisotopic (exact) mass is 424 g/mol. The van der Waals surface area contributed by atoms with Crippen LogP contribution in [-0.2, 0) is 33.3 Å². The van der Waals surface area contributed by atoms with E-state index in [1.165, 1.54) is 0 Å². The van der Waals surface area contributed by atoms with E-state index in [0.717, 1.165) is 6.08 Å². The third-order valence-electron chi connectivity index (χ3n) is 3.26. The minimum absolute atomic E-state index is 0.00611. The van der Waals surface area contributed by atoms with Crippen LogP contribution < -0.4 is 0 Å². The van der Waals surface area contributed by atoms with Gasteiger partial charge in [-0.3, -0.25) is 4.79 Å². The second-order valence-electron chi connectivity index (χ2n) is 6.65. The van der Waals surface area contributed by atoms with Gasteiger partial charge in [0.15, 0.2) is 8.15 Å². The van der Waals surface area contributed by atoms with Crippen LogP contribution >= 0.6 is 8.15 Å². The van der Waals surface area contributed by atoms with E-state index in [1.807, 2.05) is 0 Å². The van der Waals surface area contributed by atoms with Crippen molar-refractivity contribution in [3.63, 3.8) is 0 Å². The predicted octanol–water partition coefficient (Wildman–Crippen LogP) is 1.79. The van der Waals surface area contributed by atoms with Crippen LogP contribution in [0.2, 0.25) is 0 Å². The van der Waals surface area contributed by atoms with Gasteiger partial charge in [-0.25, -0.2) is 4.79 Å². The van der Waals surface area contributed by atoms with E-state index in [9.17, 15) is 14.5 Å². The van der Waals surface area contributed by atoms with Crippen molar-refractivity contribution < 1.29 is 42.6 Å². The van der Waals surface area contributed by atoms with Crippen molar-refractivity contribution in [2.45, 2.75) is 39.2 Å². The zero-order valence-corrected chi connectivity index (χ0v) is 18.9. The summed E-state index contributed by atoms with van der Waals surface area (Å²) in [6.45, 7) is 10.1. The Hall–Kier alpha value is -0.930. The molecular weight excluding hydrogens is 389 g/mol. The van der Waals surface area contributed by atoms with Crippen molar-refractivity contribution in [2.24, 2.45) is 0 Å². The molecule has 0 aromatic carbocycles. The minimum Gasteiger partial charge on any atom is -0.400 e. The molecule has 0 fully saturated rings. The molecule has 0 spiro atoms. The van der Waals surface area contributed by atoms with Gasteiger partial charge in [0.25, 0.3) is 0 Å². The van der Waals surface area contributed by atoms with E-state index < -0.39 is 31.1 Å². The van der Waals surface area contributed by atoms with Crippen LogP contribution in [0.25, 0.3) is 0 Å². The van der Waals surface area contributed by atoms with Crippen LogP contribution in [0.5, 0.6) is 0 Å². The number of rotatable bonds is 15. The van der Waals surface area contributed by atoms with Crippen molar-refractivity contribution in [3.8, 4) is 0 Å². The van der Waals surface area contributed by atoms with E-state index in [1.54, 1.807) is 48.8 Å². The predicted molar refractivity (Wildman–Crippen MR) is 105 cm³/mol. The zero-order valence-electron chi connectivity index (χ0n) is 18.0. The van der Waals surface area contributed by atoms with E-state index in [4.69, 9.17) is 23.7 Å². The van der Waals surface area contributed by atoms with Crippen LogP contribution in [0.4, 0.5) is 0 Å².